The molecule has 2 N–H and O–H groups in total. The zero-order valence-corrected chi connectivity index (χ0v) is 9.84. The highest BCUT2D eigenvalue weighted by Gasteiger charge is 2.08. The van der Waals surface area contributed by atoms with Crippen LogP contribution in [0, 0.1) is 0 Å². The molecule has 0 fully saturated rings. The lowest BCUT2D eigenvalue weighted by Crippen LogP contribution is -1.86. The summed E-state index contributed by atoms with van der Waals surface area (Å²) in [5.41, 5.74) is 2.78. The summed E-state index contributed by atoms with van der Waals surface area (Å²) in [6.45, 7) is 0. The monoisotopic (exact) mass is 240 g/mol. The van der Waals surface area contributed by atoms with Crippen LogP contribution in [-0.4, -0.2) is 22.2 Å². The number of nitrogens with zero attached hydrogens (tertiary/aromatic N) is 1. The van der Waals surface area contributed by atoms with Gasteiger partial charge in [-0.3, -0.25) is 0 Å². The molecule has 0 aliphatic rings. The lowest BCUT2D eigenvalue weighted by molar-refractivity contribution is 0.373. The Kier molecular flexibility index (Phi) is 2.41. The smallest absolute Gasteiger partial charge is 0.161 e. The average molecular weight is 240 g/mol. The Morgan fingerprint density at radius 2 is 2.00 bits per heavy atom. The van der Waals surface area contributed by atoms with Crippen molar-refractivity contribution in [3.05, 3.63) is 42.5 Å². The molecule has 0 amide bonds. The van der Waals surface area contributed by atoms with Crippen LogP contribution in [0.1, 0.15) is 0 Å². The molecular weight excluding hydrogens is 228 g/mol. The SMILES string of the molecule is COc1cc(-c2nc3ccccc3[nH]2)ccc1O. The van der Waals surface area contributed by atoms with Gasteiger partial charge in [0.05, 0.1) is 18.1 Å². The molecule has 90 valence electrons. The summed E-state index contributed by atoms with van der Waals surface area (Å²) in [6.07, 6.45) is 0. The topological polar surface area (TPSA) is 58.1 Å². The molecule has 18 heavy (non-hydrogen) atoms. The molecule has 4 heteroatoms. The Bertz CT molecular complexity index is 671. The van der Waals surface area contributed by atoms with E-state index in [1.54, 1.807) is 18.2 Å². The summed E-state index contributed by atoms with van der Waals surface area (Å²) in [6, 6.07) is 13.0. The van der Waals surface area contributed by atoms with Gasteiger partial charge in [0, 0.05) is 5.56 Å². The van der Waals surface area contributed by atoms with Gasteiger partial charge in [-0.2, -0.15) is 0 Å². The van der Waals surface area contributed by atoms with E-state index in [9.17, 15) is 5.11 Å². The minimum Gasteiger partial charge on any atom is -0.504 e. The van der Waals surface area contributed by atoms with Crippen molar-refractivity contribution >= 4 is 11.0 Å². The van der Waals surface area contributed by atoms with E-state index in [-0.39, 0.29) is 5.75 Å². The first-order valence-corrected chi connectivity index (χ1v) is 5.60. The number of hydrogen-bond acceptors (Lipinski definition) is 3. The number of imidazole rings is 1. The van der Waals surface area contributed by atoms with Crippen LogP contribution in [0.15, 0.2) is 42.5 Å². The van der Waals surface area contributed by atoms with Crippen LogP contribution >= 0.6 is 0 Å². The summed E-state index contributed by atoms with van der Waals surface area (Å²) in [5, 5.41) is 9.57. The number of H-pyrrole nitrogens is 1. The van der Waals surface area contributed by atoms with Gasteiger partial charge in [-0.25, -0.2) is 4.98 Å². The van der Waals surface area contributed by atoms with Gasteiger partial charge in [-0.15, -0.1) is 0 Å². The third-order valence-corrected chi connectivity index (χ3v) is 2.84. The quantitative estimate of drug-likeness (QED) is 0.724. The molecule has 0 saturated heterocycles. The fourth-order valence-corrected chi connectivity index (χ4v) is 1.91. The van der Waals surface area contributed by atoms with Gasteiger partial charge >= 0.3 is 0 Å². The maximum Gasteiger partial charge on any atom is 0.161 e. The van der Waals surface area contributed by atoms with Crippen molar-refractivity contribution in [2.75, 3.05) is 7.11 Å². The molecule has 1 heterocycles. The first kappa shape index (κ1) is 10.7. The fraction of sp³-hybridized carbons (Fsp3) is 0.0714. The highest BCUT2D eigenvalue weighted by molar-refractivity contribution is 5.79. The van der Waals surface area contributed by atoms with Gasteiger partial charge in [0.2, 0.25) is 0 Å². The largest absolute Gasteiger partial charge is 0.504 e. The van der Waals surface area contributed by atoms with Gasteiger partial charge in [0.25, 0.3) is 0 Å². The van der Waals surface area contributed by atoms with Gasteiger partial charge in [0.1, 0.15) is 5.82 Å². The van der Waals surface area contributed by atoms with E-state index < -0.39 is 0 Å². The number of aromatic amines is 1. The number of phenols is 1. The summed E-state index contributed by atoms with van der Waals surface area (Å²) < 4.78 is 5.09. The molecule has 0 unspecified atom stereocenters. The van der Waals surface area contributed by atoms with Crippen LogP contribution in [0.5, 0.6) is 11.5 Å². The number of nitrogens with one attached hydrogen (secondary N) is 1. The molecule has 3 aromatic rings. The van der Waals surface area contributed by atoms with Crippen molar-refractivity contribution < 1.29 is 9.84 Å². The van der Waals surface area contributed by atoms with Crippen LogP contribution < -0.4 is 4.74 Å². The van der Waals surface area contributed by atoms with Crippen molar-refractivity contribution in [2.24, 2.45) is 0 Å². The first-order valence-electron chi connectivity index (χ1n) is 5.60. The van der Waals surface area contributed by atoms with Crippen LogP contribution in [-0.2, 0) is 0 Å². The van der Waals surface area contributed by atoms with E-state index in [0.717, 1.165) is 22.4 Å². The molecule has 0 aliphatic carbocycles. The Labute approximate surface area is 104 Å². The maximum atomic E-state index is 9.57. The van der Waals surface area contributed by atoms with Gasteiger partial charge in [0.15, 0.2) is 11.5 Å². The number of methoxy groups -OCH3 is 1. The average Bonchev–Trinajstić information content (AvgIpc) is 2.83. The lowest BCUT2D eigenvalue weighted by atomic mass is 10.2. The Balaban J connectivity index is 2.13. The van der Waals surface area contributed by atoms with Crippen LogP contribution in [0.2, 0.25) is 0 Å². The van der Waals surface area contributed by atoms with Crippen LogP contribution in [0.3, 0.4) is 0 Å². The Morgan fingerprint density at radius 1 is 1.17 bits per heavy atom. The molecule has 2 aromatic carbocycles. The summed E-state index contributed by atoms with van der Waals surface area (Å²) in [4.78, 5) is 7.73. The Hall–Kier alpha value is -2.49. The summed E-state index contributed by atoms with van der Waals surface area (Å²) in [7, 11) is 1.53. The third kappa shape index (κ3) is 1.68. The maximum absolute atomic E-state index is 9.57. The number of aromatic nitrogens is 2. The molecule has 4 nitrogen and oxygen atoms in total. The fourth-order valence-electron chi connectivity index (χ4n) is 1.91. The third-order valence-electron chi connectivity index (χ3n) is 2.84. The zero-order valence-electron chi connectivity index (χ0n) is 9.84. The normalized spacial score (nSPS) is 10.7. The number of aromatic hydroxyl groups is 1. The van der Waals surface area contributed by atoms with E-state index in [1.807, 2.05) is 24.3 Å². The van der Waals surface area contributed by atoms with E-state index in [2.05, 4.69) is 9.97 Å². The molecule has 0 atom stereocenters. The van der Waals surface area contributed by atoms with Gasteiger partial charge < -0.3 is 14.8 Å². The number of para-hydroxylation sites is 2. The highest BCUT2D eigenvalue weighted by atomic mass is 16.5. The van der Waals surface area contributed by atoms with E-state index >= 15 is 0 Å². The van der Waals surface area contributed by atoms with Crippen molar-refractivity contribution in [2.45, 2.75) is 0 Å². The zero-order chi connectivity index (χ0) is 12.5. The number of ether oxygens (including phenoxy) is 1. The first-order chi connectivity index (χ1) is 8.78. The standard InChI is InChI=1S/C14H12N2O2/c1-18-13-8-9(6-7-12(13)17)14-15-10-4-2-3-5-11(10)16-14/h2-8,17H,1H3,(H,15,16). The second-order valence-electron chi connectivity index (χ2n) is 3.99. The molecule has 0 aliphatic heterocycles. The predicted molar refractivity (Wildman–Crippen MR) is 69.7 cm³/mol. The molecule has 3 rings (SSSR count). The van der Waals surface area contributed by atoms with Crippen molar-refractivity contribution in [1.29, 1.82) is 0 Å². The summed E-state index contributed by atoms with van der Waals surface area (Å²) in [5.74, 6) is 1.32. The second kappa shape index (κ2) is 4.07. The lowest BCUT2D eigenvalue weighted by Gasteiger charge is -2.04. The highest BCUT2D eigenvalue weighted by Crippen LogP contribution is 2.30. The molecular formula is C14H12N2O2. The molecule has 0 spiro atoms. The number of benzene rings is 2. The van der Waals surface area contributed by atoms with Crippen molar-refractivity contribution in [3.8, 4) is 22.9 Å². The van der Waals surface area contributed by atoms with E-state index in [0.29, 0.717) is 5.75 Å². The molecule has 1 aromatic heterocycles. The van der Waals surface area contributed by atoms with E-state index in [4.69, 9.17) is 4.74 Å². The van der Waals surface area contributed by atoms with Crippen LogP contribution in [0.4, 0.5) is 0 Å². The Morgan fingerprint density at radius 3 is 2.78 bits per heavy atom. The van der Waals surface area contributed by atoms with Crippen molar-refractivity contribution in [3.63, 3.8) is 0 Å². The minimum atomic E-state index is 0.123. The van der Waals surface area contributed by atoms with E-state index in [1.165, 1.54) is 7.11 Å². The molecule has 0 saturated carbocycles. The van der Waals surface area contributed by atoms with Crippen molar-refractivity contribution in [1.82, 2.24) is 9.97 Å². The molecule has 0 bridgehead atoms. The second-order valence-corrected chi connectivity index (χ2v) is 3.99. The van der Waals surface area contributed by atoms with Gasteiger partial charge in [-0.05, 0) is 30.3 Å². The summed E-state index contributed by atoms with van der Waals surface area (Å²) >= 11 is 0. The van der Waals surface area contributed by atoms with Gasteiger partial charge in [-0.1, -0.05) is 12.1 Å². The molecule has 0 radical (unpaired) electrons. The predicted octanol–water partition coefficient (Wildman–Crippen LogP) is 2.94. The number of fused-ring (bicyclic) bond motifs is 1. The van der Waals surface area contributed by atoms with Crippen LogP contribution in [0.25, 0.3) is 22.4 Å². The number of hydrogen-bond donors (Lipinski definition) is 2. The number of phenolic OH excluding ortho intramolecular Hbond substituents is 1. The minimum absolute atomic E-state index is 0.123. The number of rotatable bonds is 2.